The first-order chi connectivity index (χ1) is 7.81. The van der Waals surface area contributed by atoms with E-state index in [2.05, 4.69) is 15.9 Å². The number of benzene rings is 2. The minimum Gasteiger partial charge on any atom is -0.496 e. The third-order valence-corrected chi connectivity index (χ3v) is 3.27. The molecule has 0 radical (unpaired) electrons. The van der Waals surface area contributed by atoms with E-state index in [0.717, 1.165) is 32.5 Å². The lowest BCUT2D eigenvalue weighted by atomic mass is 10.1. The third kappa shape index (κ3) is 1.26. The van der Waals surface area contributed by atoms with Crippen LogP contribution < -0.4 is 14.2 Å². The summed E-state index contributed by atoms with van der Waals surface area (Å²) in [5.41, 5.74) is 0. The molecule has 0 fully saturated rings. The zero-order valence-electron chi connectivity index (χ0n) is 8.62. The lowest BCUT2D eigenvalue weighted by Gasteiger charge is -2.21. The standard InChI is InChI=1S/C12H9BrO3/c1-14-9-4-5-10-11-7(9)2-3-8(13)12(11)16-6-15-10/h2-5H,6H2,1H3. The number of methoxy groups -OCH3 is 1. The normalized spacial score (nSPS) is 13.1. The Morgan fingerprint density at radius 1 is 1.19 bits per heavy atom. The van der Waals surface area contributed by atoms with Crippen molar-refractivity contribution in [3.8, 4) is 17.2 Å². The van der Waals surface area contributed by atoms with Gasteiger partial charge in [0.2, 0.25) is 6.79 Å². The fourth-order valence-corrected chi connectivity index (χ4v) is 2.37. The Bertz CT molecular complexity index is 566. The van der Waals surface area contributed by atoms with Gasteiger partial charge in [-0.15, -0.1) is 0 Å². The summed E-state index contributed by atoms with van der Waals surface area (Å²) >= 11 is 3.47. The van der Waals surface area contributed by atoms with E-state index in [1.807, 2.05) is 24.3 Å². The maximum atomic E-state index is 5.50. The summed E-state index contributed by atoms with van der Waals surface area (Å²) in [5, 5.41) is 1.96. The predicted molar refractivity (Wildman–Crippen MR) is 64.3 cm³/mol. The highest BCUT2D eigenvalue weighted by molar-refractivity contribution is 9.10. The second-order valence-corrected chi connectivity index (χ2v) is 4.33. The summed E-state index contributed by atoms with van der Waals surface area (Å²) in [7, 11) is 1.66. The van der Waals surface area contributed by atoms with E-state index in [0.29, 0.717) is 0 Å². The van der Waals surface area contributed by atoms with E-state index >= 15 is 0 Å². The smallest absolute Gasteiger partial charge is 0.231 e. The Labute approximate surface area is 101 Å². The summed E-state index contributed by atoms with van der Waals surface area (Å²) in [6.07, 6.45) is 0. The summed E-state index contributed by atoms with van der Waals surface area (Å²) in [6, 6.07) is 7.75. The van der Waals surface area contributed by atoms with E-state index in [1.165, 1.54) is 0 Å². The zero-order chi connectivity index (χ0) is 11.1. The van der Waals surface area contributed by atoms with Crippen molar-refractivity contribution < 1.29 is 14.2 Å². The van der Waals surface area contributed by atoms with Gasteiger partial charge in [-0.3, -0.25) is 0 Å². The van der Waals surface area contributed by atoms with Crippen LogP contribution in [0.2, 0.25) is 0 Å². The molecule has 0 unspecified atom stereocenters. The van der Waals surface area contributed by atoms with Crippen LogP contribution in [0.1, 0.15) is 0 Å². The van der Waals surface area contributed by atoms with Gasteiger partial charge in [0.1, 0.15) is 17.2 Å². The maximum Gasteiger partial charge on any atom is 0.231 e. The summed E-state index contributed by atoms with van der Waals surface area (Å²) in [5.74, 6) is 2.47. The van der Waals surface area contributed by atoms with Gasteiger partial charge >= 0.3 is 0 Å². The van der Waals surface area contributed by atoms with Gasteiger partial charge in [0.05, 0.1) is 17.0 Å². The van der Waals surface area contributed by atoms with Crippen molar-refractivity contribution >= 4 is 26.7 Å². The molecule has 0 N–H and O–H groups in total. The molecular formula is C12H9BrO3. The van der Waals surface area contributed by atoms with Crippen molar-refractivity contribution in [1.82, 2.24) is 0 Å². The van der Waals surface area contributed by atoms with Gasteiger partial charge in [-0.2, -0.15) is 0 Å². The molecule has 16 heavy (non-hydrogen) atoms. The fraction of sp³-hybridized carbons (Fsp3) is 0.167. The van der Waals surface area contributed by atoms with Crippen LogP contribution in [0.3, 0.4) is 0 Å². The molecule has 3 rings (SSSR count). The van der Waals surface area contributed by atoms with E-state index in [4.69, 9.17) is 14.2 Å². The second-order valence-electron chi connectivity index (χ2n) is 3.47. The van der Waals surface area contributed by atoms with Gasteiger partial charge in [0.15, 0.2) is 0 Å². The van der Waals surface area contributed by atoms with Gasteiger partial charge < -0.3 is 14.2 Å². The quantitative estimate of drug-likeness (QED) is 0.802. The van der Waals surface area contributed by atoms with Crippen molar-refractivity contribution in [2.75, 3.05) is 13.9 Å². The highest BCUT2D eigenvalue weighted by Crippen LogP contribution is 2.44. The van der Waals surface area contributed by atoms with E-state index < -0.39 is 0 Å². The van der Waals surface area contributed by atoms with Crippen LogP contribution in [0.25, 0.3) is 10.8 Å². The van der Waals surface area contributed by atoms with E-state index in [-0.39, 0.29) is 6.79 Å². The number of hydrogen-bond acceptors (Lipinski definition) is 3. The summed E-state index contributed by atoms with van der Waals surface area (Å²) < 4.78 is 17.2. The van der Waals surface area contributed by atoms with Crippen molar-refractivity contribution in [3.05, 3.63) is 28.7 Å². The molecule has 0 atom stereocenters. The van der Waals surface area contributed by atoms with Crippen molar-refractivity contribution in [2.45, 2.75) is 0 Å². The molecule has 0 bridgehead atoms. The van der Waals surface area contributed by atoms with E-state index in [1.54, 1.807) is 7.11 Å². The molecule has 82 valence electrons. The highest BCUT2D eigenvalue weighted by atomic mass is 79.9. The molecule has 0 saturated carbocycles. The molecule has 0 amide bonds. The molecule has 0 aliphatic carbocycles. The lowest BCUT2D eigenvalue weighted by Crippen LogP contribution is -2.11. The molecule has 2 aromatic rings. The van der Waals surface area contributed by atoms with Gasteiger partial charge in [-0.05, 0) is 40.2 Å². The topological polar surface area (TPSA) is 27.7 Å². The van der Waals surface area contributed by atoms with Gasteiger partial charge in [0, 0.05) is 5.39 Å². The predicted octanol–water partition coefficient (Wildman–Crippen LogP) is 3.34. The molecule has 4 heteroatoms. The van der Waals surface area contributed by atoms with Gasteiger partial charge in [0.25, 0.3) is 0 Å². The summed E-state index contributed by atoms with van der Waals surface area (Å²) in [6.45, 7) is 0.247. The van der Waals surface area contributed by atoms with Gasteiger partial charge in [-0.25, -0.2) is 0 Å². The molecule has 0 aromatic heterocycles. The Morgan fingerprint density at radius 3 is 2.88 bits per heavy atom. The number of rotatable bonds is 1. The number of ether oxygens (including phenoxy) is 3. The van der Waals surface area contributed by atoms with Crippen LogP contribution in [-0.4, -0.2) is 13.9 Å². The molecular weight excluding hydrogens is 272 g/mol. The lowest BCUT2D eigenvalue weighted by molar-refractivity contribution is 0.111. The number of halogens is 1. The van der Waals surface area contributed by atoms with Gasteiger partial charge in [-0.1, -0.05) is 0 Å². The first kappa shape index (κ1) is 9.78. The zero-order valence-corrected chi connectivity index (χ0v) is 10.2. The highest BCUT2D eigenvalue weighted by Gasteiger charge is 2.19. The average molecular weight is 281 g/mol. The Kier molecular flexibility index (Phi) is 2.17. The minimum absolute atomic E-state index is 0.247. The minimum atomic E-state index is 0.247. The van der Waals surface area contributed by atoms with Crippen molar-refractivity contribution in [1.29, 1.82) is 0 Å². The molecule has 2 aromatic carbocycles. The molecule has 1 heterocycles. The Morgan fingerprint density at radius 2 is 2.06 bits per heavy atom. The number of hydrogen-bond donors (Lipinski definition) is 0. The summed E-state index contributed by atoms with van der Waals surface area (Å²) in [4.78, 5) is 0. The van der Waals surface area contributed by atoms with Crippen LogP contribution in [0.5, 0.6) is 17.2 Å². The second kappa shape index (κ2) is 3.56. The molecule has 0 saturated heterocycles. The molecule has 1 aliphatic heterocycles. The fourth-order valence-electron chi connectivity index (χ4n) is 1.92. The first-order valence-electron chi connectivity index (χ1n) is 4.86. The molecule has 3 nitrogen and oxygen atoms in total. The van der Waals surface area contributed by atoms with Crippen molar-refractivity contribution in [3.63, 3.8) is 0 Å². The monoisotopic (exact) mass is 280 g/mol. The van der Waals surface area contributed by atoms with Crippen molar-refractivity contribution in [2.24, 2.45) is 0 Å². The maximum absolute atomic E-state index is 5.50. The van der Waals surface area contributed by atoms with E-state index in [9.17, 15) is 0 Å². The largest absolute Gasteiger partial charge is 0.496 e. The van der Waals surface area contributed by atoms with Crippen LogP contribution >= 0.6 is 15.9 Å². The molecule has 0 spiro atoms. The Hall–Kier alpha value is -1.42. The van der Waals surface area contributed by atoms with Crippen LogP contribution in [0.4, 0.5) is 0 Å². The Balaban J connectivity index is 2.46. The average Bonchev–Trinajstić information content (AvgIpc) is 2.34. The third-order valence-electron chi connectivity index (χ3n) is 2.65. The first-order valence-corrected chi connectivity index (χ1v) is 5.65. The van der Waals surface area contributed by atoms with Crippen LogP contribution in [-0.2, 0) is 0 Å². The van der Waals surface area contributed by atoms with Crippen LogP contribution in [0, 0.1) is 0 Å². The van der Waals surface area contributed by atoms with Crippen LogP contribution in [0.15, 0.2) is 28.7 Å². The molecule has 1 aliphatic rings. The SMILES string of the molecule is COc1ccc2c3c(c(Br)ccc13)OCO2.